The van der Waals surface area contributed by atoms with Gasteiger partial charge in [0, 0.05) is 108 Å². The van der Waals surface area contributed by atoms with Crippen LogP contribution in [0.1, 0.15) is 175 Å². The topological polar surface area (TPSA) is 107 Å². The van der Waals surface area contributed by atoms with Crippen molar-refractivity contribution in [2.45, 2.75) is 244 Å². The number of hydrogen-bond donors (Lipinski definition) is 4. The lowest BCUT2D eigenvalue weighted by atomic mass is 9.78. The lowest BCUT2D eigenvalue weighted by molar-refractivity contribution is -0.155. The molecule has 4 aliphatic heterocycles. The number of hydrogen-bond acceptors (Lipinski definition) is 10. The number of carbonyl (C=O) groups is 2. The maximum Gasteiger partial charge on any atom is 0.307 e. The van der Waals surface area contributed by atoms with E-state index in [1.807, 2.05) is 0 Å². The zero-order chi connectivity index (χ0) is 40.8. The van der Waals surface area contributed by atoms with Gasteiger partial charge < -0.3 is 30.7 Å². The Morgan fingerprint density at radius 3 is 0.870 bits per heavy atom. The summed E-state index contributed by atoms with van der Waals surface area (Å²) in [5.41, 5.74) is -0.440. The average molecular weight is 761 g/mol. The molecule has 0 aliphatic carbocycles. The van der Waals surface area contributed by atoms with Crippen molar-refractivity contribution in [3.8, 4) is 0 Å². The monoisotopic (exact) mass is 761 g/mol. The van der Waals surface area contributed by atoms with E-state index in [9.17, 15) is 9.59 Å². The van der Waals surface area contributed by atoms with E-state index >= 15 is 0 Å². The molecule has 10 nitrogen and oxygen atoms in total. The molecule has 4 rings (SSSR count). The molecule has 0 bridgehead atoms. The van der Waals surface area contributed by atoms with Crippen LogP contribution in [-0.2, 0) is 19.1 Å². The summed E-state index contributed by atoms with van der Waals surface area (Å²) in [5, 5.41) is 15.1. The standard InChI is InChI=1S/C44H84N6O4/c1-37(2)23-31(24-38(3,4)45-37)49(19-17-35(51)53-33-27-41(9,10)47-42(11,12)28-33)21-22-50(32-25-39(5,6)46-40(7,8)26-32)20-18-36(52)54-34-29-43(13,14)48-44(15,16)30-34/h31-34,45-48H,17-30H2,1-16H3. The van der Waals surface area contributed by atoms with E-state index in [0.29, 0.717) is 38.0 Å². The van der Waals surface area contributed by atoms with Gasteiger partial charge in [0.05, 0.1) is 12.8 Å². The molecule has 0 saturated carbocycles. The van der Waals surface area contributed by atoms with Crippen molar-refractivity contribution in [3.05, 3.63) is 0 Å². The molecule has 54 heavy (non-hydrogen) atoms. The summed E-state index contributed by atoms with van der Waals surface area (Å²) in [7, 11) is 0. The van der Waals surface area contributed by atoms with E-state index in [2.05, 4.69) is 142 Å². The Kier molecular flexibility index (Phi) is 13.6. The number of piperidine rings is 4. The maximum atomic E-state index is 13.6. The van der Waals surface area contributed by atoms with Gasteiger partial charge in [0.25, 0.3) is 0 Å². The molecule has 0 aromatic heterocycles. The van der Waals surface area contributed by atoms with Crippen molar-refractivity contribution < 1.29 is 19.1 Å². The summed E-state index contributed by atoms with van der Waals surface area (Å²) < 4.78 is 12.4. The van der Waals surface area contributed by atoms with Gasteiger partial charge in [0.2, 0.25) is 0 Å². The van der Waals surface area contributed by atoms with Gasteiger partial charge in [0.15, 0.2) is 0 Å². The zero-order valence-corrected chi connectivity index (χ0v) is 37.7. The smallest absolute Gasteiger partial charge is 0.307 e. The molecule has 4 saturated heterocycles. The zero-order valence-electron chi connectivity index (χ0n) is 37.7. The van der Waals surface area contributed by atoms with Crippen molar-refractivity contribution in [3.63, 3.8) is 0 Å². The van der Waals surface area contributed by atoms with Gasteiger partial charge >= 0.3 is 11.9 Å². The minimum atomic E-state index is -0.100. The number of ether oxygens (including phenoxy) is 2. The van der Waals surface area contributed by atoms with Gasteiger partial charge in [-0.15, -0.1) is 0 Å². The summed E-state index contributed by atoms with van der Waals surface area (Å²) in [5.74, 6) is -0.201. The van der Waals surface area contributed by atoms with E-state index in [4.69, 9.17) is 9.47 Å². The number of carbonyl (C=O) groups excluding carboxylic acids is 2. The third-order valence-corrected chi connectivity index (χ3v) is 12.2. The van der Waals surface area contributed by atoms with E-state index in [-0.39, 0.29) is 68.5 Å². The first-order chi connectivity index (χ1) is 24.3. The van der Waals surface area contributed by atoms with Crippen LogP contribution in [0.4, 0.5) is 0 Å². The van der Waals surface area contributed by atoms with Crippen LogP contribution < -0.4 is 21.3 Å². The summed E-state index contributed by atoms with van der Waals surface area (Å²) in [6.45, 7) is 39.0. The lowest BCUT2D eigenvalue weighted by Crippen LogP contribution is -2.64. The molecular formula is C44H84N6O4. The molecule has 4 fully saturated rings. The lowest BCUT2D eigenvalue weighted by Gasteiger charge is -2.51. The summed E-state index contributed by atoms with van der Waals surface area (Å²) in [6.07, 6.45) is 7.86. The second-order valence-corrected chi connectivity index (χ2v) is 23.3. The quantitative estimate of drug-likeness (QED) is 0.152. The van der Waals surface area contributed by atoms with Crippen LogP contribution in [0.3, 0.4) is 0 Å². The highest BCUT2D eigenvalue weighted by Gasteiger charge is 2.44. The predicted molar refractivity (Wildman–Crippen MR) is 222 cm³/mol. The van der Waals surface area contributed by atoms with E-state index < -0.39 is 0 Å². The van der Waals surface area contributed by atoms with Crippen molar-refractivity contribution in [1.29, 1.82) is 0 Å². The Bertz CT molecular complexity index is 1140. The first-order valence-electron chi connectivity index (χ1n) is 21.4. The van der Waals surface area contributed by atoms with Crippen molar-refractivity contribution in [2.75, 3.05) is 26.2 Å². The minimum Gasteiger partial charge on any atom is -0.462 e. The Morgan fingerprint density at radius 1 is 0.407 bits per heavy atom. The third kappa shape index (κ3) is 14.3. The molecular weight excluding hydrogens is 677 g/mol. The molecule has 0 aromatic carbocycles. The summed E-state index contributed by atoms with van der Waals surface area (Å²) in [4.78, 5) is 32.3. The van der Waals surface area contributed by atoms with Gasteiger partial charge in [-0.3, -0.25) is 19.4 Å². The third-order valence-electron chi connectivity index (χ3n) is 12.2. The van der Waals surface area contributed by atoms with Crippen LogP contribution in [0, 0.1) is 0 Å². The molecule has 0 aromatic rings. The normalized spacial score (nSPS) is 27.8. The fourth-order valence-electron chi connectivity index (χ4n) is 11.8. The van der Waals surface area contributed by atoms with Crippen LogP contribution in [0.25, 0.3) is 0 Å². The summed E-state index contributed by atoms with van der Waals surface area (Å²) in [6, 6.07) is 0.639. The highest BCUT2D eigenvalue weighted by Crippen LogP contribution is 2.35. The molecule has 4 N–H and O–H groups in total. The largest absolute Gasteiger partial charge is 0.462 e. The van der Waals surface area contributed by atoms with Crippen molar-refractivity contribution in [1.82, 2.24) is 31.1 Å². The van der Waals surface area contributed by atoms with Crippen LogP contribution in [0.2, 0.25) is 0 Å². The van der Waals surface area contributed by atoms with Crippen molar-refractivity contribution in [2.24, 2.45) is 0 Å². The second kappa shape index (κ2) is 16.2. The molecule has 0 amide bonds. The molecule has 4 heterocycles. The van der Waals surface area contributed by atoms with Crippen LogP contribution >= 0.6 is 0 Å². The first-order valence-corrected chi connectivity index (χ1v) is 21.4. The molecule has 4 aliphatic rings. The van der Waals surface area contributed by atoms with Crippen molar-refractivity contribution >= 4 is 11.9 Å². The number of esters is 2. The second-order valence-electron chi connectivity index (χ2n) is 23.3. The number of rotatable bonds is 13. The van der Waals surface area contributed by atoms with Crippen LogP contribution in [0.5, 0.6) is 0 Å². The van der Waals surface area contributed by atoms with Gasteiger partial charge in [0.1, 0.15) is 12.2 Å². The SMILES string of the molecule is CC1(C)CC(OC(=O)CCN(CCN(CCC(=O)OC2CC(C)(C)NC(C)(C)C2)C2CC(C)(C)NC(C)(C)C2)C2CC(C)(C)NC(C)(C)C2)CC(C)(C)N1. The predicted octanol–water partition coefficient (Wildman–Crippen LogP) is 6.69. The Morgan fingerprint density at radius 2 is 0.630 bits per heavy atom. The molecule has 0 radical (unpaired) electrons. The molecule has 10 heteroatoms. The van der Waals surface area contributed by atoms with E-state index in [0.717, 1.165) is 64.5 Å². The molecule has 0 unspecified atom stereocenters. The summed E-state index contributed by atoms with van der Waals surface area (Å²) >= 11 is 0. The van der Waals surface area contributed by atoms with Crippen LogP contribution in [-0.4, -0.2) is 117 Å². The molecule has 0 spiro atoms. The van der Waals surface area contributed by atoms with Gasteiger partial charge in [-0.1, -0.05) is 0 Å². The highest BCUT2D eigenvalue weighted by molar-refractivity contribution is 5.70. The Hall–Kier alpha value is -1.30. The fraction of sp³-hybridized carbons (Fsp3) is 0.955. The van der Waals surface area contributed by atoms with Gasteiger partial charge in [-0.2, -0.15) is 0 Å². The molecule has 314 valence electrons. The Labute approximate surface area is 331 Å². The minimum absolute atomic E-state index is 0.0261. The highest BCUT2D eigenvalue weighted by atomic mass is 16.5. The maximum absolute atomic E-state index is 13.6. The fourth-order valence-corrected chi connectivity index (χ4v) is 11.8. The van der Waals surface area contributed by atoms with E-state index in [1.165, 1.54) is 0 Å². The Balaban J connectivity index is 1.50. The van der Waals surface area contributed by atoms with Gasteiger partial charge in [-0.25, -0.2) is 0 Å². The average Bonchev–Trinajstić information content (AvgIpc) is 2.87. The van der Waals surface area contributed by atoms with Crippen LogP contribution in [0.15, 0.2) is 0 Å². The molecule has 0 atom stereocenters. The number of nitrogens with one attached hydrogen (secondary N) is 4. The van der Waals surface area contributed by atoms with E-state index in [1.54, 1.807) is 0 Å². The van der Waals surface area contributed by atoms with Gasteiger partial charge in [-0.05, 0) is 136 Å². The first kappa shape index (κ1) is 45.4. The number of nitrogens with zero attached hydrogens (tertiary/aromatic N) is 2.